The van der Waals surface area contributed by atoms with Gasteiger partial charge in [-0.2, -0.15) is 0 Å². The van der Waals surface area contributed by atoms with Gasteiger partial charge < -0.3 is 10.4 Å². The Balaban J connectivity index is 3.88. The monoisotopic (exact) mass is 179 g/mol. The van der Waals surface area contributed by atoms with Gasteiger partial charge in [0, 0.05) is 11.4 Å². The van der Waals surface area contributed by atoms with E-state index < -0.39 is 17.6 Å². The molecule has 0 heterocycles. The second kappa shape index (κ2) is 4.70. The first kappa shape index (κ1) is 12.6. The maximum absolute atomic E-state index is 10.4. The molecule has 0 aliphatic carbocycles. The molecule has 0 spiro atoms. The Bertz CT molecular complexity index is 179. The van der Waals surface area contributed by atoms with Gasteiger partial charge in [0.25, 0.3) is 5.97 Å². The van der Waals surface area contributed by atoms with Gasteiger partial charge in [0.2, 0.25) is 0 Å². The van der Waals surface area contributed by atoms with Crippen molar-refractivity contribution in [2.75, 3.05) is 6.54 Å². The summed E-state index contributed by atoms with van der Waals surface area (Å²) in [5, 5.41) is 11.6. The normalized spacial score (nSPS) is 16.5. The summed E-state index contributed by atoms with van der Waals surface area (Å²) in [4.78, 5) is 10.4. The smallest absolute Gasteiger partial charge is 0.297 e. The molecular formula is C8H15B2NO2. The van der Waals surface area contributed by atoms with E-state index in [4.69, 9.17) is 20.8 Å². The van der Waals surface area contributed by atoms with Crippen LogP contribution in [0.25, 0.3) is 0 Å². The summed E-state index contributed by atoms with van der Waals surface area (Å²) in [6.45, 7) is 6.33. The van der Waals surface area contributed by atoms with Gasteiger partial charge in [-0.15, -0.1) is 0 Å². The van der Waals surface area contributed by atoms with Gasteiger partial charge in [0.15, 0.2) is 0 Å². The van der Waals surface area contributed by atoms with Crippen LogP contribution in [0, 0.1) is 0 Å². The molecule has 0 bridgehead atoms. The summed E-state index contributed by atoms with van der Waals surface area (Å²) in [7, 11) is 10.9. The predicted molar refractivity (Wildman–Crippen MR) is 54.4 cm³/mol. The van der Waals surface area contributed by atoms with Crippen LogP contribution in [-0.4, -0.2) is 38.9 Å². The molecule has 0 aromatic carbocycles. The zero-order chi connectivity index (χ0) is 10.6. The van der Waals surface area contributed by atoms with E-state index in [0.29, 0.717) is 6.54 Å². The van der Waals surface area contributed by atoms with E-state index in [9.17, 15) is 4.79 Å². The molecular weight excluding hydrogens is 164 g/mol. The van der Waals surface area contributed by atoms with Gasteiger partial charge in [0.05, 0.1) is 15.7 Å². The van der Waals surface area contributed by atoms with Crippen molar-refractivity contribution in [2.45, 2.75) is 37.9 Å². The summed E-state index contributed by atoms with van der Waals surface area (Å²) in [5.41, 5.74) is -0.0736. The van der Waals surface area contributed by atoms with Gasteiger partial charge in [-0.1, -0.05) is 5.82 Å². The molecule has 2 unspecified atom stereocenters. The van der Waals surface area contributed by atoms with Crippen LogP contribution in [0.15, 0.2) is 0 Å². The fourth-order valence-corrected chi connectivity index (χ4v) is 0.734. The highest BCUT2D eigenvalue weighted by atomic mass is 16.4. The Kier molecular flexibility index (Phi) is 4.54. The second-order valence-corrected chi connectivity index (χ2v) is 4.16. The highest BCUT2D eigenvalue weighted by Gasteiger charge is 2.19. The van der Waals surface area contributed by atoms with Crippen LogP contribution in [0.2, 0.25) is 11.6 Å². The number of aliphatic carboxylic acids is 1. The topological polar surface area (TPSA) is 49.3 Å². The zero-order valence-corrected chi connectivity index (χ0v) is 8.37. The Hall–Kier alpha value is -0.440. The van der Waals surface area contributed by atoms with Gasteiger partial charge in [-0.3, -0.25) is 4.79 Å². The van der Waals surface area contributed by atoms with Gasteiger partial charge in [-0.25, -0.2) is 0 Å². The molecule has 0 aromatic rings. The summed E-state index contributed by atoms with van der Waals surface area (Å²) in [6.07, 6.45) is 0. The third-order valence-electron chi connectivity index (χ3n) is 1.61. The van der Waals surface area contributed by atoms with Crippen LogP contribution < -0.4 is 5.32 Å². The van der Waals surface area contributed by atoms with Crippen molar-refractivity contribution in [3.8, 4) is 0 Å². The molecule has 13 heavy (non-hydrogen) atoms. The van der Waals surface area contributed by atoms with Crippen LogP contribution in [-0.2, 0) is 4.79 Å². The largest absolute Gasteiger partial charge is 0.482 e. The van der Waals surface area contributed by atoms with Crippen molar-refractivity contribution in [1.82, 2.24) is 5.32 Å². The standard InChI is InChI=1S/C8H15B2NO2/c1-8(2,3)11-4-5(9)6(10)7(12)13/h5-6,11H,4H2,1-3H3,(H,12,13). The number of carboxylic acids is 1. The van der Waals surface area contributed by atoms with Gasteiger partial charge >= 0.3 is 0 Å². The van der Waals surface area contributed by atoms with Crippen molar-refractivity contribution in [2.24, 2.45) is 0 Å². The lowest BCUT2D eigenvalue weighted by Crippen LogP contribution is -2.39. The van der Waals surface area contributed by atoms with Crippen LogP contribution in [0.1, 0.15) is 20.8 Å². The van der Waals surface area contributed by atoms with Crippen LogP contribution in [0.3, 0.4) is 0 Å². The molecule has 2 atom stereocenters. The fourth-order valence-electron chi connectivity index (χ4n) is 0.734. The van der Waals surface area contributed by atoms with Crippen molar-refractivity contribution >= 4 is 21.7 Å². The summed E-state index contributed by atoms with van der Waals surface area (Å²) < 4.78 is 0. The Morgan fingerprint density at radius 2 is 1.92 bits per heavy atom. The number of hydrogen-bond donors (Lipinski definition) is 2. The SMILES string of the molecule is [B]C(CNC(C)(C)C)C([B])C(=O)O. The summed E-state index contributed by atoms with van der Waals surface area (Å²) >= 11 is 0. The lowest BCUT2D eigenvalue weighted by molar-refractivity contribution is -0.136. The average Bonchev–Trinajstić information content (AvgIpc) is 1.97. The molecule has 0 aromatic heterocycles. The molecule has 0 rings (SSSR count). The van der Waals surface area contributed by atoms with Crippen LogP contribution in [0.4, 0.5) is 0 Å². The van der Waals surface area contributed by atoms with E-state index in [0.717, 1.165) is 0 Å². The van der Waals surface area contributed by atoms with E-state index in [1.54, 1.807) is 0 Å². The third-order valence-corrected chi connectivity index (χ3v) is 1.61. The number of rotatable bonds is 4. The minimum atomic E-state index is -1.07. The molecule has 0 aliphatic heterocycles. The fraction of sp³-hybridized carbons (Fsp3) is 0.875. The van der Waals surface area contributed by atoms with Crippen LogP contribution >= 0.6 is 0 Å². The maximum atomic E-state index is 10.4. The quantitative estimate of drug-likeness (QED) is 0.612. The maximum Gasteiger partial charge on any atom is 0.297 e. The van der Waals surface area contributed by atoms with E-state index >= 15 is 0 Å². The van der Waals surface area contributed by atoms with Gasteiger partial charge in [-0.05, 0) is 27.3 Å². The average molecular weight is 179 g/mol. The van der Waals surface area contributed by atoms with E-state index in [1.165, 1.54) is 0 Å². The molecule has 0 saturated heterocycles. The van der Waals surface area contributed by atoms with Crippen molar-refractivity contribution in [1.29, 1.82) is 0 Å². The summed E-state index contributed by atoms with van der Waals surface area (Å²) in [5.74, 6) is -2.63. The molecule has 0 aliphatic rings. The molecule has 5 heteroatoms. The number of hydrogen-bond acceptors (Lipinski definition) is 2. The molecule has 3 nitrogen and oxygen atoms in total. The van der Waals surface area contributed by atoms with Crippen molar-refractivity contribution < 1.29 is 9.90 Å². The first-order valence-electron chi connectivity index (χ1n) is 4.23. The van der Waals surface area contributed by atoms with Crippen molar-refractivity contribution in [3.05, 3.63) is 0 Å². The lowest BCUT2D eigenvalue weighted by Gasteiger charge is -2.25. The number of carbonyl (C=O) groups is 1. The molecule has 4 radical (unpaired) electrons. The molecule has 0 fully saturated rings. The van der Waals surface area contributed by atoms with E-state index in [-0.39, 0.29) is 5.54 Å². The molecule has 0 amide bonds. The van der Waals surface area contributed by atoms with Crippen molar-refractivity contribution in [3.63, 3.8) is 0 Å². The van der Waals surface area contributed by atoms with Gasteiger partial charge in [0.1, 0.15) is 0 Å². The molecule has 70 valence electrons. The first-order chi connectivity index (χ1) is 5.74. The molecule has 0 saturated carbocycles. The van der Waals surface area contributed by atoms with Crippen LogP contribution in [0.5, 0.6) is 0 Å². The molecule has 2 N–H and O–H groups in total. The predicted octanol–water partition coefficient (Wildman–Crippen LogP) is 0.373. The Labute approximate surface area is 82.1 Å². The Morgan fingerprint density at radius 3 is 2.23 bits per heavy atom. The number of carboxylic acid groups (broad SMARTS) is 1. The highest BCUT2D eigenvalue weighted by Crippen LogP contribution is 2.17. The number of nitrogens with one attached hydrogen (secondary N) is 1. The first-order valence-corrected chi connectivity index (χ1v) is 4.23. The second-order valence-electron chi connectivity index (χ2n) is 4.16. The Morgan fingerprint density at radius 1 is 1.46 bits per heavy atom. The minimum absolute atomic E-state index is 0.0736. The zero-order valence-electron chi connectivity index (χ0n) is 8.37. The van der Waals surface area contributed by atoms with E-state index in [2.05, 4.69) is 5.32 Å². The minimum Gasteiger partial charge on any atom is -0.482 e. The van der Waals surface area contributed by atoms with E-state index in [1.807, 2.05) is 20.8 Å². The summed E-state index contributed by atoms with van der Waals surface area (Å²) in [6, 6.07) is 0. The lowest BCUT2D eigenvalue weighted by atomic mass is 9.66. The highest BCUT2D eigenvalue weighted by molar-refractivity contribution is 6.29. The third kappa shape index (κ3) is 5.75.